The van der Waals surface area contributed by atoms with Crippen molar-refractivity contribution in [3.05, 3.63) is 18.6 Å². The third-order valence-corrected chi connectivity index (χ3v) is 4.47. The van der Waals surface area contributed by atoms with Crippen LogP contribution in [0.25, 0.3) is 0 Å². The second-order valence-corrected chi connectivity index (χ2v) is 6.02. The average Bonchev–Trinajstić information content (AvgIpc) is 2.31. The number of hydrogen-bond acceptors (Lipinski definition) is 5. The smallest absolute Gasteiger partial charge is 0.197 e. The Labute approximate surface area is 95.2 Å². The van der Waals surface area contributed by atoms with Crippen LogP contribution in [0.1, 0.15) is 12.8 Å². The van der Waals surface area contributed by atoms with Crippen molar-refractivity contribution in [2.45, 2.75) is 17.9 Å². The Kier molecular flexibility index (Phi) is 3.50. The van der Waals surface area contributed by atoms with Crippen LogP contribution in [0.4, 0.5) is 0 Å². The van der Waals surface area contributed by atoms with E-state index >= 15 is 0 Å². The number of nitrogens with one attached hydrogen (secondary N) is 1. The van der Waals surface area contributed by atoms with Gasteiger partial charge in [0.25, 0.3) is 0 Å². The number of nitrogens with zero attached hydrogens (tertiary/aromatic N) is 2. The monoisotopic (exact) mass is 241 g/mol. The quantitative estimate of drug-likeness (QED) is 0.821. The topological polar surface area (TPSA) is 72.0 Å². The van der Waals surface area contributed by atoms with Gasteiger partial charge in [0.2, 0.25) is 0 Å². The van der Waals surface area contributed by atoms with Gasteiger partial charge < -0.3 is 5.32 Å². The number of piperidine rings is 1. The van der Waals surface area contributed by atoms with Gasteiger partial charge in [-0.3, -0.25) is 4.98 Å². The van der Waals surface area contributed by atoms with Crippen LogP contribution in [0.3, 0.4) is 0 Å². The predicted octanol–water partition coefficient (Wildman–Crippen LogP) is 0.250. The number of rotatable bonds is 3. The van der Waals surface area contributed by atoms with Crippen molar-refractivity contribution in [1.29, 1.82) is 0 Å². The normalized spacial score (nSPS) is 21.9. The van der Waals surface area contributed by atoms with E-state index < -0.39 is 9.84 Å². The molecule has 88 valence electrons. The molecule has 0 radical (unpaired) electrons. The van der Waals surface area contributed by atoms with E-state index in [-0.39, 0.29) is 16.7 Å². The first-order valence-corrected chi connectivity index (χ1v) is 7.03. The Morgan fingerprint density at radius 3 is 2.94 bits per heavy atom. The summed E-state index contributed by atoms with van der Waals surface area (Å²) < 4.78 is 23.9. The lowest BCUT2D eigenvalue weighted by Gasteiger charge is -2.22. The van der Waals surface area contributed by atoms with Crippen molar-refractivity contribution in [2.24, 2.45) is 5.92 Å². The highest BCUT2D eigenvalue weighted by Gasteiger charge is 2.23. The Balaban J connectivity index is 2.08. The lowest BCUT2D eigenvalue weighted by Crippen LogP contribution is -2.34. The summed E-state index contributed by atoms with van der Waals surface area (Å²) >= 11 is 0. The third-order valence-electron chi connectivity index (χ3n) is 2.71. The minimum atomic E-state index is -3.27. The standard InChI is InChI=1S/C10H15N3O2S/c14-16(15,10-7-12-4-5-13-10)8-9-2-1-3-11-6-9/h4-5,7,9,11H,1-3,6,8H2/t9-/m0/s1. The van der Waals surface area contributed by atoms with Crippen LogP contribution >= 0.6 is 0 Å². The van der Waals surface area contributed by atoms with E-state index in [9.17, 15) is 8.42 Å². The average molecular weight is 241 g/mol. The Morgan fingerprint density at radius 2 is 2.31 bits per heavy atom. The van der Waals surface area contributed by atoms with E-state index in [0.29, 0.717) is 0 Å². The zero-order valence-corrected chi connectivity index (χ0v) is 9.78. The van der Waals surface area contributed by atoms with E-state index in [0.717, 1.165) is 25.9 Å². The maximum Gasteiger partial charge on any atom is 0.197 e. The van der Waals surface area contributed by atoms with Gasteiger partial charge in [-0.1, -0.05) is 0 Å². The minimum Gasteiger partial charge on any atom is -0.316 e. The highest BCUT2D eigenvalue weighted by Crippen LogP contribution is 2.16. The van der Waals surface area contributed by atoms with Gasteiger partial charge in [-0.05, 0) is 31.8 Å². The van der Waals surface area contributed by atoms with Crippen molar-refractivity contribution >= 4 is 9.84 Å². The molecule has 1 saturated heterocycles. The van der Waals surface area contributed by atoms with Crippen LogP contribution < -0.4 is 5.32 Å². The van der Waals surface area contributed by atoms with Crippen molar-refractivity contribution in [3.63, 3.8) is 0 Å². The first-order valence-electron chi connectivity index (χ1n) is 5.38. The van der Waals surface area contributed by atoms with Crippen molar-refractivity contribution in [1.82, 2.24) is 15.3 Å². The van der Waals surface area contributed by atoms with Gasteiger partial charge in [-0.2, -0.15) is 0 Å². The molecule has 1 aromatic rings. The van der Waals surface area contributed by atoms with Crippen LogP contribution in [-0.2, 0) is 9.84 Å². The second kappa shape index (κ2) is 4.88. The molecule has 5 nitrogen and oxygen atoms in total. The molecule has 2 rings (SSSR count). The molecular weight excluding hydrogens is 226 g/mol. The maximum atomic E-state index is 12.0. The molecule has 0 unspecified atom stereocenters. The molecule has 1 N–H and O–H groups in total. The van der Waals surface area contributed by atoms with Gasteiger partial charge in [-0.25, -0.2) is 13.4 Å². The molecule has 0 amide bonds. The fourth-order valence-corrected chi connectivity index (χ4v) is 3.43. The molecular formula is C10H15N3O2S. The Hall–Kier alpha value is -1.01. The summed E-state index contributed by atoms with van der Waals surface area (Å²) in [5, 5.41) is 3.29. The Bertz CT molecular complexity index is 427. The fraction of sp³-hybridized carbons (Fsp3) is 0.600. The first kappa shape index (κ1) is 11.5. The molecule has 2 heterocycles. The molecule has 1 aliphatic rings. The summed E-state index contributed by atoms with van der Waals surface area (Å²) in [4.78, 5) is 7.63. The van der Waals surface area contributed by atoms with Gasteiger partial charge >= 0.3 is 0 Å². The molecule has 0 saturated carbocycles. The molecule has 0 aromatic carbocycles. The van der Waals surface area contributed by atoms with Crippen molar-refractivity contribution in [3.8, 4) is 0 Å². The molecule has 1 aliphatic heterocycles. The highest BCUT2D eigenvalue weighted by molar-refractivity contribution is 7.91. The summed E-state index contributed by atoms with van der Waals surface area (Å²) in [7, 11) is -3.27. The highest BCUT2D eigenvalue weighted by atomic mass is 32.2. The van der Waals surface area contributed by atoms with Crippen molar-refractivity contribution < 1.29 is 8.42 Å². The van der Waals surface area contributed by atoms with E-state index in [4.69, 9.17) is 0 Å². The van der Waals surface area contributed by atoms with E-state index in [1.807, 2.05) is 0 Å². The molecule has 6 heteroatoms. The molecule has 16 heavy (non-hydrogen) atoms. The zero-order valence-electron chi connectivity index (χ0n) is 8.96. The SMILES string of the molecule is O=S(=O)(C[C@H]1CCCNC1)c1cnccn1. The molecule has 1 fully saturated rings. The lowest BCUT2D eigenvalue weighted by atomic mass is 10.0. The second-order valence-electron chi connectivity index (χ2n) is 4.04. The van der Waals surface area contributed by atoms with E-state index in [1.165, 1.54) is 18.6 Å². The van der Waals surface area contributed by atoms with E-state index in [2.05, 4.69) is 15.3 Å². The number of sulfone groups is 1. The number of aromatic nitrogens is 2. The third kappa shape index (κ3) is 2.76. The van der Waals surface area contributed by atoms with Crippen LogP contribution in [0.2, 0.25) is 0 Å². The van der Waals surface area contributed by atoms with Gasteiger partial charge in [0.15, 0.2) is 14.9 Å². The van der Waals surface area contributed by atoms with Gasteiger partial charge in [0, 0.05) is 12.4 Å². The van der Waals surface area contributed by atoms with Gasteiger partial charge in [0.05, 0.1) is 11.9 Å². The minimum absolute atomic E-state index is 0.0839. The summed E-state index contributed by atoms with van der Waals surface area (Å²) in [5.41, 5.74) is 0. The van der Waals surface area contributed by atoms with Crippen molar-refractivity contribution in [2.75, 3.05) is 18.8 Å². The van der Waals surface area contributed by atoms with Crippen LogP contribution in [0, 0.1) is 5.92 Å². The molecule has 1 atom stereocenters. The van der Waals surface area contributed by atoms with Gasteiger partial charge in [0.1, 0.15) is 0 Å². The summed E-state index contributed by atoms with van der Waals surface area (Å²) in [5.74, 6) is 0.361. The van der Waals surface area contributed by atoms with Crippen LogP contribution in [-0.4, -0.2) is 37.2 Å². The summed E-state index contributed by atoms with van der Waals surface area (Å²) in [6, 6.07) is 0. The summed E-state index contributed by atoms with van der Waals surface area (Å²) in [6.07, 6.45) is 6.20. The zero-order chi connectivity index (χ0) is 11.4. The van der Waals surface area contributed by atoms with Crippen LogP contribution in [0.5, 0.6) is 0 Å². The molecule has 1 aromatic heterocycles. The van der Waals surface area contributed by atoms with Gasteiger partial charge in [-0.15, -0.1) is 0 Å². The maximum absolute atomic E-state index is 12.0. The molecule has 0 bridgehead atoms. The molecule has 0 spiro atoms. The fourth-order valence-electron chi connectivity index (χ4n) is 1.91. The Morgan fingerprint density at radius 1 is 1.44 bits per heavy atom. The van der Waals surface area contributed by atoms with E-state index in [1.54, 1.807) is 0 Å². The van der Waals surface area contributed by atoms with Crippen LogP contribution in [0.15, 0.2) is 23.6 Å². The predicted molar refractivity (Wildman–Crippen MR) is 59.7 cm³/mol. The summed E-state index contributed by atoms with van der Waals surface area (Å²) in [6.45, 7) is 1.77. The number of hydrogen-bond donors (Lipinski definition) is 1. The first-order chi connectivity index (χ1) is 7.68. The molecule has 0 aliphatic carbocycles. The largest absolute Gasteiger partial charge is 0.316 e. The lowest BCUT2D eigenvalue weighted by molar-refractivity contribution is 0.403.